The smallest absolute Gasteiger partial charge is 0.320 e. The largest absolute Gasteiger partial charge is 0.480 e. The van der Waals surface area contributed by atoms with Gasteiger partial charge >= 0.3 is 5.97 Å². The van der Waals surface area contributed by atoms with Gasteiger partial charge in [-0.3, -0.25) is 9.69 Å². The van der Waals surface area contributed by atoms with Crippen LogP contribution in [0.5, 0.6) is 0 Å². The molecule has 0 bridgehead atoms. The van der Waals surface area contributed by atoms with E-state index in [9.17, 15) is 9.90 Å². The van der Waals surface area contributed by atoms with Crippen LogP contribution < -0.4 is 5.73 Å². The zero-order chi connectivity index (χ0) is 19.1. The summed E-state index contributed by atoms with van der Waals surface area (Å²) in [5, 5.41) is 13.1. The number of anilines is 1. The van der Waals surface area contributed by atoms with E-state index in [0.717, 1.165) is 64.1 Å². The molecule has 2 aliphatic heterocycles. The number of nitrogen functional groups attached to an aromatic ring is 1. The maximum absolute atomic E-state index is 11.1. The summed E-state index contributed by atoms with van der Waals surface area (Å²) in [6.45, 7) is 3.58. The van der Waals surface area contributed by atoms with Crippen molar-refractivity contribution in [1.82, 2.24) is 10.1 Å². The zero-order valence-electron chi connectivity index (χ0n) is 16.1. The average Bonchev–Trinajstić information content (AvgIpc) is 3.35. The lowest BCUT2D eigenvalue weighted by molar-refractivity contribution is -0.145. The Morgan fingerprint density at radius 2 is 1.85 bits per heavy atom. The number of rotatable bonds is 4. The van der Waals surface area contributed by atoms with Gasteiger partial charge in [0.15, 0.2) is 0 Å². The Labute approximate surface area is 161 Å². The molecule has 0 aromatic carbocycles. The van der Waals surface area contributed by atoms with E-state index >= 15 is 0 Å². The molecule has 0 amide bonds. The van der Waals surface area contributed by atoms with Gasteiger partial charge in [-0.15, -0.1) is 0 Å². The Bertz CT molecular complexity index is 580. The van der Waals surface area contributed by atoms with Gasteiger partial charge in [-0.25, -0.2) is 0 Å². The molecule has 3 N–H and O–H groups in total. The molecule has 1 atom stereocenters. The number of piperidine rings is 1. The van der Waals surface area contributed by atoms with E-state index in [2.05, 4.69) is 10.1 Å². The van der Waals surface area contributed by atoms with Crippen LogP contribution in [-0.2, 0) is 9.53 Å². The fourth-order valence-electron chi connectivity index (χ4n) is 4.47. The molecule has 3 aliphatic rings. The highest BCUT2D eigenvalue weighted by atomic mass is 16.5. The Hall–Kier alpha value is -1.60. The maximum Gasteiger partial charge on any atom is 0.320 e. The fraction of sp³-hybridized carbons (Fsp3) is 0.800. The van der Waals surface area contributed by atoms with Crippen molar-refractivity contribution in [2.24, 2.45) is 5.92 Å². The first-order chi connectivity index (χ1) is 13.1. The summed E-state index contributed by atoms with van der Waals surface area (Å²) in [6.07, 6.45) is 10.3. The maximum atomic E-state index is 11.1. The van der Waals surface area contributed by atoms with Gasteiger partial charge in [0.05, 0.1) is 5.69 Å². The van der Waals surface area contributed by atoms with Gasteiger partial charge in [-0.05, 0) is 51.0 Å². The fourth-order valence-corrected chi connectivity index (χ4v) is 4.47. The van der Waals surface area contributed by atoms with Crippen LogP contribution >= 0.6 is 0 Å². The van der Waals surface area contributed by atoms with Crippen LogP contribution in [0.2, 0.25) is 0 Å². The van der Waals surface area contributed by atoms with Crippen LogP contribution in [0.3, 0.4) is 0 Å². The molecule has 1 aromatic rings. The highest BCUT2D eigenvalue weighted by Gasteiger charge is 2.30. The van der Waals surface area contributed by atoms with Crippen molar-refractivity contribution in [2.75, 3.05) is 32.0 Å². The second-order valence-corrected chi connectivity index (χ2v) is 8.04. The summed E-state index contributed by atoms with van der Waals surface area (Å²) in [7, 11) is 0. The minimum atomic E-state index is -0.647. The Morgan fingerprint density at radius 1 is 1.15 bits per heavy atom. The van der Waals surface area contributed by atoms with Crippen LogP contribution in [0, 0.1) is 5.92 Å². The van der Waals surface area contributed by atoms with E-state index in [0.29, 0.717) is 17.7 Å². The van der Waals surface area contributed by atoms with Crippen molar-refractivity contribution in [3.63, 3.8) is 0 Å². The Balaban J connectivity index is 0.000000166. The number of carboxylic acid groups (broad SMARTS) is 1. The summed E-state index contributed by atoms with van der Waals surface area (Å²) in [5.41, 5.74) is 6.46. The molecule has 0 spiro atoms. The van der Waals surface area contributed by atoms with E-state index in [4.69, 9.17) is 15.0 Å². The summed E-state index contributed by atoms with van der Waals surface area (Å²) in [5.74, 6) is 1.03. The number of ether oxygens (including phenoxy) is 1. The van der Waals surface area contributed by atoms with E-state index in [1.807, 2.05) is 6.07 Å². The van der Waals surface area contributed by atoms with Gasteiger partial charge in [-0.1, -0.05) is 24.4 Å². The molecule has 1 saturated carbocycles. The molecular formula is C20H33N3O4. The predicted molar refractivity (Wildman–Crippen MR) is 103 cm³/mol. The summed E-state index contributed by atoms with van der Waals surface area (Å²) in [4.78, 5) is 13.3. The second-order valence-electron chi connectivity index (χ2n) is 8.04. The summed E-state index contributed by atoms with van der Waals surface area (Å²) < 4.78 is 10.1. The molecule has 152 valence electrons. The number of aliphatic carboxylic acids is 1. The van der Waals surface area contributed by atoms with Crippen LogP contribution in [0.25, 0.3) is 0 Å². The van der Waals surface area contributed by atoms with Crippen molar-refractivity contribution in [2.45, 2.75) is 69.7 Å². The predicted octanol–water partition coefficient (Wildman–Crippen LogP) is 3.27. The van der Waals surface area contributed by atoms with E-state index in [1.165, 1.54) is 25.7 Å². The summed E-state index contributed by atoms with van der Waals surface area (Å²) in [6, 6.07) is 1.60. The van der Waals surface area contributed by atoms with Gasteiger partial charge < -0.3 is 20.1 Å². The van der Waals surface area contributed by atoms with Crippen molar-refractivity contribution in [1.29, 1.82) is 0 Å². The van der Waals surface area contributed by atoms with Gasteiger partial charge in [0.2, 0.25) is 5.88 Å². The lowest BCUT2D eigenvalue weighted by atomic mass is 9.95. The van der Waals surface area contributed by atoms with Gasteiger partial charge in [-0.2, -0.15) is 0 Å². The van der Waals surface area contributed by atoms with Crippen LogP contribution in [0.4, 0.5) is 5.88 Å². The molecule has 0 radical (unpaired) electrons. The molecule has 7 heteroatoms. The Kier molecular flexibility index (Phi) is 7.52. The topological polar surface area (TPSA) is 102 Å². The number of carboxylic acids is 1. The lowest BCUT2D eigenvalue weighted by Crippen LogP contribution is -2.47. The van der Waals surface area contributed by atoms with Gasteiger partial charge in [0, 0.05) is 31.7 Å². The SMILES string of the molecule is Nc1cc(C2CCCC2)no1.O=C(O)[C@@H]1CCCCN1CC1CCOCC1. The number of aromatic nitrogens is 1. The van der Waals surface area contributed by atoms with Gasteiger partial charge in [0.25, 0.3) is 0 Å². The minimum Gasteiger partial charge on any atom is -0.480 e. The monoisotopic (exact) mass is 379 g/mol. The van der Waals surface area contributed by atoms with Gasteiger partial charge in [0.1, 0.15) is 6.04 Å². The molecule has 3 fully saturated rings. The number of carbonyl (C=O) groups is 1. The van der Waals surface area contributed by atoms with Crippen LogP contribution in [0.15, 0.2) is 10.6 Å². The minimum absolute atomic E-state index is 0.239. The third-order valence-corrected chi connectivity index (χ3v) is 6.05. The lowest BCUT2D eigenvalue weighted by Gasteiger charge is -2.36. The van der Waals surface area contributed by atoms with Crippen molar-refractivity contribution < 1.29 is 19.2 Å². The first-order valence-electron chi connectivity index (χ1n) is 10.4. The number of nitrogens with two attached hydrogens (primary N) is 1. The average molecular weight is 380 g/mol. The molecule has 0 unspecified atom stereocenters. The first-order valence-corrected chi connectivity index (χ1v) is 10.4. The van der Waals surface area contributed by atoms with E-state index in [-0.39, 0.29) is 6.04 Å². The molecule has 4 rings (SSSR count). The standard InChI is InChI=1S/C12H21NO3.C8H12N2O/c14-12(15)11-3-1-2-6-13(11)9-10-4-7-16-8-5-10;9-8-5-7(10-11-8)6-3-1-2-4-6/h10-11H,1-9H2,(H,14,15);5-6H,1-4,9H2/t11-;/m0./s1. The molecule has 2 saturated heterocycles. The molecule has 1 aromatic heterocycles. The van der Waals surface area contributed by atoms with Crippen molar-refractivity contribution >= 4 is 11.9 Å². The number of hydrogen-bond donors (Lipinski definition) is 2. The van der Waals surface area contributed by atoms with Crippen molar-refractivity contribution in [3.8, 4) is 0 Å². The zero-order valence-corrected chi connectivity index (χ0v) is 16.1. The molecule has 7 nitrogen and oxygen atoms in total. The van der Waals surface area contributed by atoms with Crippen molar-refractivity contribution in [3.05, 3.63) is 11.8 Å². The van der Waals surface area contributed by atoms with Crippen LogP contribution in [0.1, 0.15) is 69.4 Å². The number of hydrogen-bond acceptors (Lipinski definition) is 6. The third kappa shape index (κ3) is 5.94. The second kappa shape index (κ2) is 10.1. The summed E-state index contributed by atoms with van der Waals surface area (Å²) >= 11 is 0. The third-order valence-electron chi connectivity index (χ3n) is 6.05. The van der Waals surface area contributed by atoms with Crippen LogP contribution in [-0.4, -0.2) is 53.5 Å². The highest BCUT2D eigenvalue weighted by molar-refractivity contribution is 5.73. The quantitative estimate of drug-likeness (QED) is 0.828. The normalized spacial score (nSPS) is 25.1. The molecule has 27 heavy (non-hydrogen) atoms. The van der Waals surface area contributed by atoms with E-state index in [1.54, 1.807) is 0 Å². The van der Waals surface area contributed by atoms with E-state index < -0.39 is 5.97 Å². The molecule has 1 aliphatic carbocycles. The Morgan fingerprint density at radius 3 is 2.48 bits per heavy atom. The number of nitrogens with zero attached hydrogens (tertiary/aromatic N) is 2. The molecule has 3 heterocycles. The molecular weight excluding hydrogens is 346 g/mol. The highest BCUT2D eigenvalue weighted by Crippen LogP contribution is 2.33. The first kappa shape index (κ1) is 20.1. The number of likely N-dealkylation sites (tertiary alicyclic amines) is 1.